The van der Waals surface area contributed by atoms with Gasteiger partial charge in [0.15, 0.2) is 0 Å². The molecule has 0 bridgehead atoms. The Balaban J connectivity index is 1.48. The van der Waals surface area contributed by atoms with E-state index < -0.39 is 30.3 Å². The Labute approximate surface area is 178 Å². The van der Waals surface area contributed by atoms with Gasteiger partial charge in [0.05, 0.1) is 6.54 Å². The summed E-state index contributed by atoms with van der Waals surface area (Å²) in [5.41, 5.74) is 2.97. The van der Waals surface area contributed by atoms with Crippen molar-refractivity contribution in [2.45, 2.75) is 6.54 Å². The number of carbonyl (C=O) groups is 4. The van der Waals surface area contributed by atoms with E-state index in [2.05, 4.69) is 5.32 Å². The molecule has 3 aromatic rings. The molecule has 0 unspecified atom stereocenters. The highest BCUT2D eigenvalue weighted by atomic mass is 16.2. The van der Waals surface area contributed by atoms with Gasteiger partial charge in [-0.05, 0) is 17.2 Å². The summed E-state index contributed by atoms with van der Waals surface area (Å²) in [4.78, 5) is 51.4. The fourth-order valence-corrected chi connectivity index (χ4v) is 3.39. The molecule has 1 aliphatic rings. The Hall–Kier alpha value is -4.26. The highest BCUT2D eigenvalue weighted by Gasteiger charge is 2.45. The van der Waals surface area contributed by atoms with Gasteiger partial charge in [-0.15, -0.1) is 0 Å². The third-order valence-corrected chi connectivity index (χ3v) is 4.91. The molecule has 0 radical (unpaired) electrons. The minimum Gasteiger partial charge on any atom is -0.324 e. The van der Waals surface area contributed by atoms with Crippen LogP contribution in [0, 0.1) is 0 Å². The van der Waals surface area contributed by atoms with Crippen LogP contribution < -0.4 is 5.32 Å². The SMILES string of the molecule is O=C(CN1C(=O)C(=O)N(Cc2ccccc2)C1=O)Nc1ccccc1-c1ccccc1. The summed E-state index contributed by atoms with van der Waals surface area (Å²) in [7, 11) is 0. The summed E-state index contributed by atoms with van der Waals surface area (Å²) >= 11 is 0. The van der Waals surface area contributed by atoms with Crippen molar-refractivity contribution in [2.24, 2.45) is 0 Å². The van der Waals surface area contributed by atoms with Crippen LogP contribution in [0.2, 0.25) is 0 Å². The van der Waals surface area contributed by atoms with E-state index in [9.17, 15) is 19.2 Å². The van der Waals surface area contributed by atoms with Crippen molar-refractivity contribution in [1.82, 2.24) is 9.80 Å². The van der Waals surface area contributed by atoms with Crippen LogP contribution in [0.25, 0.3) is 11.1 Å². The Morgan fingerprint density at radius 3 is 2.00 bits per heavy atom. The van der Waals surface area contributed by atoms with Crippen molar-refractivity contribution >= 4 is 29.4 Å². The minimum absolute atomic E-state index is 0.0286. The van der Waals surface area contributed by atoms with Crippen LogP contribution in [0.4, 0.5) is 10.5 Å². The molecule has 0 spiro atoms. The Morgan fingerprint density at radius 1 is 0.710 bits per heavy atom. The number of rotatable bonds is 6. The first-order valence-electron chi connectivity index (χ1n) is 9.70. The summed E-state index contributed by atoms with van der Waals surface area (Å²) in [6.45, 7) is -0.572. The number of para-hydroxylation sites is 1. The van der Waals surface area contributed by atoms with Crippen LogP contribution in [-0.2, 0) is 20.9 Å². The molecule has 7 nitrogen and oxygen atoms in total. The van der Waals surface area contributed by atoms with E-state index in [4.69, 9.17) is 0 Å². The fraction of sp³-hybridized carbons (Fsp3) is 0.0833. The molecule has 0 aromatic heterocycles. The van der Waals surface area contributed by atoms with Crippen LogP contribution in [0.3, 0.4) is 0 Å². The minimum atomic E-state index is -1.01. The number of imide groups is 2. The van der Waals surface area contributed by atoms with Gasteiger partial charge < -0.3 is 5.32 Å². The first kappa shape index (κ1) is 20.0. The number of amides is 5. The van der Waals surface area contributed by atoms with Gasteiger partial charge in [0, 0.05) is 11.3 Å². The second kappa shape index (κ2) is 8.62. The molecule has 1 N–H and O–H groups in total. The van der Waals surface area contributed by atoms with Crippen LogP contribution in [0.5, 0.6) is 0 Å². The van der Waals surface area contributed by atoms with E-state index in [-0.39, 0.29) is 6.54 Å². The standard InChI is InChI=1S/C24H19N3O4/c28-21(25-20-14-8-7-13-19(20)18-11-5-2-6-12-18)16-27-23(30)22(29)26(24(27)31)15-17-9-3-1-4-10-17/h1-14H,15-16H2,(H,25,28). The molecule has 154 valence electrons. The van der Waals surface area contributed by atoms with Crippen LogP contribution in [0.15, 0.2) is 84.9 Å². The van der Waals surface area contributed by atoms with Gasteiger partial charge in [0.2, 0.25) is 5.91 Å². The van der Waals surface area contributed by atoms with E-state index in [1.54, 1.807) is 36.4 Å². The van der Waals surface area contributed by atoms with E-state index in [0.717, 1.165) is 16.0 Å². The average molecular weight is 413 g/mol. The highest BCUT2D eigenvalue weighted by Crippen LogP contribution is 2.27. The van der Waals surface area contributed by atoms with Crippen molar-refractivity contribution in [2.75, 3.05) is 11.9 Å². The van der Waals surface area contributed by atoms with Gasteiger partial charge in [-0.2, -0.15) is 0 Å². The van der Waals surface area contributed by atoms with Gasteiger partial charge in [0.25, 0.3) is 0 Å². The Morgan fingerprint density at radius 2 is 1.29 bits per heavy atom. The predicted octanol–water partition coefficient (Wildman–Crippen LogP) is 3.28. The Bertz CT molecular complexity index is 1150. The smallest absolute Gasteiger partial charge is 0.324 e. The maximum Gasteiger partial charge on any atom is 0.335 e. The topological polar surface area (TPSA) is 86.8 Å². The zero-order chi connectivity index (χ0) is 21.8. The van der Waals surface area contributed by atoms with Crippen molar-refractivity contribution in [3.63, 3.8) is 0 Å². The molecule has 7 heteroatoms. The number of benzene rings is 3. The normalized spacial score (nSPS) is 13.6. The number of urea groups is 1. The molecule has 0 aliphatic carbocycles. The largest absolute Gasteiger partial charge is 0.335 e. The molecule has 1 fully saturated rings. The number of anilines is 1. The number of hydrogen-bond donors (Lipinski definition) is 1. The van der Waals surface area contributed by atoms with Gasteiger partial charge in [0.1, 0.15) is 6.54 Å². The van der Waals surface area contributed by atoms with Crippen molar-refractivity contribution in [3.05, 3.63) is 90.5 Å². The van der Waals surface area contributed by atoms with Gasteiger partial charge in [-0.3, -0.25) is 19.3 Å². The van der Waals surface area contributed by atoms with Gasteiger partial charge in [-0.25, -0.2) is 9.69 Å². The van der Waals surface area contributed by atoms with Crippen molar-refractivity contribution < 1.29 is 19.2 Å². The molecule has 4 rings (SSSR count). The predicted molar refractivity (Wildman–Crippen MR) is 115 cm³/mol. The number of carbonyl (C=O) groups excluding carboxylic acids is 4. The molecular formula is C24H19N3O4. The van der Waals surface area contributed by atoms with Crippen LogP contribution >= 0.6 is 0 Å². The van der Waals surface area contributed by atoms with Crippen molar-refractivity contribution in [1.29, 1.82) is 0 Å². The number of nitrogens with one attached hydrogen (secondary N) is 1. The molecule has 0 saturated carbocycles. The second-order valence-electron chi connectivity index (χ2n) is 7.01. The van der Waals surface area contributed by atoms with E-state index in [1.807, 2.05) is 48.5 Å². The lowest BCUT2D eigenvalue weighted by molar-refractivity contribution is -0.143. The van der Waals surface area contributed by atoms with Crippen LogP contribution in [-0.4, -0.2) is 40.1 Å². The maximum atomic E-state index is 12.6. The summed E-state index contributed by atoms with van der Waals surface area (Å²) < 4.78 is 0. The molecule has 0 atom stereocenters. The van der Waals surface area contributed by atoms with E-state index >= 15 is 0 Å². The molecule has 1 saturated heterocycles. The molecule has 1 aliphatic heterocycles. The first-order chi connectivity index (χ1) is 15.0. The molecular weight excluding hydrogens is 394 g/mol. The summed E-state index contributed by atoms with van der Waals surface area (Å²) in [5.74, 6) is -2.52. The average Bonchev–Trinajstić information content (AvgIpc) is 2.99. The molecule has 1 heterocycles. The lowest BCUT2D eigenvalue weighted by Gasteiger charge is -2.16. The highest BCUT2D eigenvalue weighted by molar-refractivity contribution is 6.45. The quantitative estimate of drug-likeness (QED) is 0.496. The summed E-state index contributed by atoms with van der Waals surface area (Å²) in [5, 5.41) is 2.74. The number of nitrogens with zero attached hydrogens (tertiary/aromatic N) is 2. The van der Waals surface area contributed by atoms with Crippen LogP contribution in [0.1, 0.15) is 5.56 Å². The first-order valence-corrected chi connectivity index (χ1v) is 9.70. The lowest BCUT2D eigenvalue weighted by atomic mass is 10.0. The van der Waals surface area contributed by atoms with Crippen molar-refractivity contribution in [3.8, 4) is 11.1 Å². The number of hydrogen-bond acceptors (Lipinski definition) is 4. The zero-order valence-electron chi connectivity index (χ0n) is 16.5. The van der Waals surface area contributed by atoms with E-state index in [1.165, 1.54) is 0 Å². The molecule has 5 amide bonds. The molecule has 31 heavy (non-hydrogen) atoms. The lowest BCUT2D eigenvalue weighted by Crippen LogP contribution is -2.38. The second-order valence-corrected chi connectivity index (χ2v) is 7.01. The van der Waals surface area contributed by atoms with Gasteiger partial charge in [-0.1, -0.05) is 78.9 Å². The zero-order valence-corrected chi connectivity index (χ0v) is 16.5. The molecule has 3 aromatic carbocycles. The third-order valence-electron chi connectivity index (χ3n) is 4.91. The van der Waals surface area contributed by atoms with E-state index in [0.29, 0.717) is 16.2 Å². The monoisotopic (exact) mass is 413 g/mol. The third kappa shape index (κ3) is 4.20. The van der Waals surface area contributed by atoms with Gasteiger partial charge >= 0.3 is 17.8 Å². The Kier molecular flexibility index (Phi) is 5.57. The summed E-state index contributed by atoms with van der Waals surface area (Å²) in [6, 6.07) is 24.8. The summed E-state index contributed by atoms with van der Waals surface area (Å²) in [6.07, 6.45) is 0. The maximum absolute atomic E-state index is 12.6. The fourth-order valence-electron chi connectivity index (χ4n) is 3.39.